The van der Waals surface area contributed by atoms with Gasteiger partial charge in [-0.1, -0.05) is 0 Å². The van der Waals surface area contributed by atoms with Crippen LogP contribution >= 0.6 is 15.9 Å². The molecular formula is C9H10BrN3O2. The number of rotatable bonds is 3. The Morgan fingerprint density at radius 2 is 2.33 bits per heavy atom. The average Bonchev–Trinajstić information content (AvgIpc) is 2.22. The topological polar surface area (TPSA) is 78.1 Å². The first-order chi connectivity index (χ1) is 7.19. The maximum absolute atomic E-state index is 11.4. The van der Waals surface area contributed by atoms with Crippen molar-refractivity contribution in [3.8, 4) is 0 Å². The van der Waals surface area contributed by atoms with E-state index in [9.17, 15) is 4.79 Å². The van der Waals surface area contributed by atoms with E-state index in [0.29, 0.717) is 16.9 Å². The van der Waals surface area contributed by atoms with Gasteiger partial charge in [-0.15, -0.1) is 0 Å². The molecule has 0 atom stereocenters. The van der Waals surface area contributed by atoms with Crippen molar-refractivity contribution >= 4 is 27.5 Å². The number of hydrogen-bond donors (Lipinski definition) is 1. The summed E-state index contributed by atoms with van der Waals surface area (Å²) in [6.07, 6.45) is 4.09. The molecule has 0 saturated heterocycles. The smallest absolute Gasteiger partial charge is 0.341 e. The Hall–Kier alpha value is -1.43. The number of nitrogens with zero attached hydrogens (tertiary/aromatic N) is 2. The van der Waals surface area contributed by atoms with Crippen molar-refractivity contribution in [3.05, 3.63) is 28.9 Å². The lowest BCUT2D eigenvalue weighted by Gasteiger charge is -2.04. The van der Waals surface area contributed by atoms with Gasteiger partial charge in [0, 0.05) is 6.20 Å². The maximum Gasteiger partial charge on any atom is 0.341 e. The largest absolute Gasteiger partial charge is 0.462 e. The summed E-state index contributed by atoms with van der Waals surface area (Å²) in [6, 6.07) is 0. The van der Waals surface area contributed by atoms with Crippen LogP contribution in [0.3, 0.4) is 0 Å². The van der Waals surface area contributed by atoms with Gasteiger partial charge >= 0.3 is 5.97 Å². The highest BCUT2D eigenvalue weighted by Crippen LogP contribution is 2.13. The standard InChI is InChI=1S/C9H10BrN3O2/c1-2-15-9(14)6(3-11)7-4-13-8(10)5-12-7/h3-5H,2,11H2,1H3/b6-3+. The molecule has 80 valence electrons. The number of carbonyl (C=O) groups is 1. The lowest BCUT2D eigenvalue weighted by molar-refractivity contribution is -0.136. The average molecular weight is 272 g/mol. The van der Waals surface area contributed by atoms with Crippen molar-refractivity contribution in [2.45, 2.75) is 6.92 Å². The minimum absolute atomic E-state index is 0.205. The zero-order valence-corrected chi connectivity index (χ0v) is 9.69. The third kappa shape index (κ3) is 3.02. The summed E-state index contributed by atoms with van der Waals surface area (Å²) in [5.74, 6) is -0.503. The number of hydrogen-bond acceptors (Lipinski definition) is 5. The molecule has 0 saturated carbocycles. The zero-order chi connectivity index (χ0) is 11.3. The highest BCUT2D eigenvalue weighted by molar-refractivity contribution is 9.10. The second-order valence-electron chi connectivity index (χ2n) is 2.53. The van der Waals surface area contributed by atoms with E-state index >= 15 is 0 Å². The molecule has 1 heterocycles. The molecular weight excluding hydrogens is 262 g/mol. The first-order valence-corrected chi connectivity index (χ1v) is 5.05. The fraction of sp³-hybridized carbons (Fsp3) is 0.222. The first kappa shape index (κ1) is 11.6. The van der Waals surface area contributed by atoms with E-state index in [-0.39, 0.29) is 5.57 Å². The van der Waals surface area contributed by atoms with Gasteiger partial charge in [0.15, 0.2) is 0 Å². The normalized spacial score (nSPS) is 11.2. The van der Waals surface area contributed by atoms with Crippen LogP contribution in [0.1, 0.15) is 12.6 Å². The molecule has 0 aliphatic heterocycles. The Kier molecular flexibility index (Phi) is 4.23. The van der Waals surface area contributed by atoms with Crippen LogP contribution in [0.2, 0.25) is 0 Å². The number of carbonyl (C=O) groups excluding carboxylic acids is 1. The van der Waals surface area contributed by atoms with Gasteiger partial charge in [0.1, 0.15) is 10.2 Å². The van der Waals surface area contributed by atoms with Crippen molar-refractivity contribution in [1.82, 2.24) is 9.97 Å². The third-order valence-corrected chi connectivity index (χ3v) is 1.97. The van der Waals surface area contributed by atoms with Crippen molar-refractivity contribution < 1.29 is 9.53 Å². The minimum Gasteiger partial charge on any atom is -0.462 e. The van der Waals surface area contributed by atoms with E-state index in [2.05, 4.69) is 25.9 Å². The SMILES string of the molecule is CCOC(=O)/C(=C/N)c1cnc(Br)cn1. The minimum atomic E-state index is -0.503. The molecule has 1 aromatic rings. The van der Waals surface area contributed by atoms with Crippen molar-refractivity contribution in [1.29, 1.82) is 0 Å². The predicted octanol–water partition coefficient (Wildman–Crippen LogP) is 1.10. The van der Waals surface area contributed by atoms with Crippen LogP contribution in [-0.4, -0.2) is 22.5 Å². The van der Waals surface area contributed by atoms with Gasteiger partial charge in [-0.2, -0.15) is 0 Å². The fourth-order valence-corrected chi connectivity index (χ4v) is 1.12. The molecule has 5 nitrogen and oxygen atoms in total. The molecule has 0 unspecified atom stereocenters. The molecule has 0 fully saturated rings. The summed E-state index contributed by atoms with van der Waals surface area (Å²) in [5.41, 5.74) is 5.93. The van der Waals surface area contributed by atoms with Crippen molar-refractivity contribution in [2.24, 2.45) is 5.73 Å². The Balaban J connectivity index is 2.94. The summed E-state index contributed by atoms with van der Waals surface area (Å²) >= 11 is 3.14. The fourth-order valence-electron chi connectivity index (χ4n) is 0.918. The lowest BCUT2D eigenvalue weighted by Crippen LogP contribution is -2.09. The number of aromatic nitrogens is 2. The van der Waals surface area contributed by atoms with Crippen LogP contribution in [0.15, 0.2) is 23.2 Å². The van der Waals surface area contributed by atoms with E-state index in [1.165, 1.54) is 12.4 Å². The molecule has 1 aromatic heterocycles. The molecule has 0 aromatic carbocycles. The Morgan fingerprint density at radius 1 is 1.60 bits per heavy atom. The van der Waals surface area contributed by atoms with Crippen LogP contribution in [0.4, 0.5) is 0 Å². The monoisotopic (exact) mass is 271 g/mol. The molecule has 0 radical (unpaired) electrons. The van der Waals surface area contributed by atoms with Gasteiger partial charge in [-0.05, 0) is 22.9 Å². The summed E-state index contributed by atoms with van der Waals surface area (Å²) < 4.78 is 5.40. The highest BCUT2D eigenvalue weighted by Gasteiger charge is 2.13. The van der Waals surface area contributed by atoms with Gasteiger partial charge in [0.05, 0.1) is 24.7 Å². The second-order valence-corrected chi connectivity index (χ2v) is 3.34. The summed E-state index contributed by atoms with van der Waals surface area (Å²) in [6.45, 7) is 2.01. The molecule has 0 bridgehead atoms. The van der Waals surface area contributed by atoms with Crippen LogP contribution in [0.25, 0.3) is 5.57 Å². The van der Waals surface area contributed by atoms with Crippen LogP contribution in [0.5, 0.6) is 0 Å². The van der Waals surface area contributed by atoms with Crippen LogP contribution in [-0.2, 0) is 9.53 Å². The van der Waals surface area contributed by atoms with E-state index in [1.54, 1.807) is 6.92 Å². The molecule has 0 amide bonds. The molecule has 0 aliphatic rings. The predicted molar refractivity (Wildman–Crippen MR) is 58.5 cm³/mol. The zero-order valence-electron chi connectivity index (χ0n) is 8.11. The van der Waals surface area contributed by atoms with Crippen LogP contribution < -0.4 is 5.73 Å². The Morgan fingerprint density at radius 3 is 2.80 bits per heavy atom. The lowest BCUT2D eigenvalue weighted by atomic mass is 10.2. The van der Waals surface area contributed by atoms with Crippen molar-refractivity contribution in [2.75, 3.05) is 6.61 Å². The number of halogens is 1. The van der Waals surface area contributed by atoms with E-state index in [4.69, 9.17) is 10.5 Å². The second kappa shape index (κ2) is 5.45. The van der Waals surface area contributed by atoms with Gasteiger partial charge in [-0.25, -0.2) is 9.78 Å². The quantitative estimate of drug-likeness (QED) is 0.658. The Bertz CT molecular complexity index is 375. The first-order valence-electron chi connectivity index (χ1n) is 4.26. The molecule has 0 spiro atoms. The summed E-state index contributed by atoms with van der Waals surface area (Å²) in [5, 5.41) is 0. The van der Waals surface area contributed by atoms with E-state index in [0.717, 1.165) is 6.20 Å². The number of ether oxygens (including phenoxy) is 1. The van der Waals surface area contributed by atoms with Crippen molar-refractivity contribution in [3.63, 3.8) is 0 Å². The summed E-state index contributed by atoms with van der Waals surface area (Å²) in [4.78, 5) is 19.3. The molecule has 6 heteroatoms. The molecule has 15 heavy (non-hydrogen) atoms. The van der Waals surface area contributed by atoms with E-state index in [1.807, 2.05) is 0 Å². The molecule has 0 aliphatic carbocycles. The summed E-state index contributed by atoms with van der Waals surface area (Å²) in [7, 11) is 0. The number of nitrogens with two attached hydrogens (primary N) is 1. The molecule has 2 N–H and O–H groups in total. The van der Waals surface area contributed by atoms with E-state index < -0.39 is 5.97 Å². The van der Waals surface area contributed by atoms with Gasteiger partial charge in [0.2, 0.25) is 0 Å². The third-order valence-electron chi connectivity index (χ3n) is 1.56. The maximum atomic E-state index is 11.4. The van der Waals surface area contributed by atoms with Crippen LogP contribution in [0, 0.1) is 0 Å². The highest BCUT2D eigenvalue weighted by atomic mass is 79.9. The Labute approximate surface area is 95.5 Å². The van der Waals surface area contributed by atoms with Gasteiger partial charge in [0.25, 0.3) is 0 Å². The molecule has 1 rings (SSSR count). The number of esters is 1. The van der Waals surface area contributed by atoms with Gasteiger partial charge in [-0.3, -0.25) is 4.98 Å². The van der Waals surface area contributed by atoms with Gasteiger partial charge < -0.3 is 10.5 Å².